The number of aliphatic hydroxyl groups excluding tert-OH is 1. The van der Waals surface area contributed by atoms with Gasteiger partial charge < -0.3 is 25.6 Å². The number of carbonyl (C=O) groups excluding carboxylic acids is 1. The minimum atomic E-state index is -1.13. The molecule has 0 aliphatic carbocycles. The molecule has 0 radical (unpaired) electrons. The van der Waals surface area contributed by atoms with Crippen LogP contribution in [0.2, 0.25) is 0 Å². The molecule has 0 saturated heterocycles. The lowest BCUT2D eigenvalue weighted by atomic mass is 10.3. The van der Waals surface area contributed by atoms with E-state index in [9.17, 15) is 4.79 Å². The van der Waals surface area contributed by atoms with Crippen LogP contribution >= 0.6 is 0 Å². The molecule has 15 heavy (non-hydrogen) atoms. The van der Waals surface area contributed by atoms with Gasteiger partial charge in [-0.05, 0) is 6.42 Å². The van der Waals surface area contributed by atoms with Crippen LogP contribution in [-0.4, -0.2) is 57.1 Å². The van der Waals surface area contributed by atoms with Crippen LogP contribution in [0.25, 0.3) is 0 Å². The monoisotopic (exact) mass is 220 g/mol. The fraction of sp³-hybridized carbons (Fsp3) is 0.889. The number of rotatable bonds is 10. The predicted octanol–water partition coefficient (Wildman–Crippen LogP) is -1.52. The zero-order valence-corrected chi connectivity index (χ0v) is 9.07. The van der Waals surface area contributed by atoms with Crippen molar-refractivity contribution in [2.75, 3.05) is 40.0 Å². The van der Waals surface area contributed by atoms with E-state index < -0.39 is 12.0 Å². The van der Waals surface area contributed by atoms with Crippen LogP contribution in [0, 0.1) is 0 Å². The average molecular weight is 220 g/mol. The average Bonchev–Trinajstić information content (AvgIpc) is 2.21. The van der Waals surface area contributed by atoms with Gasteiger partial charge in [-0.3, -0.25) is 4.79 Å². The van der Waals surface area contributed by atoms with E-state index in [-0.39, 0.29) is 6.54 Å². The number of methoxy groups -OCH3 is 1. The van der Waals surface area contributed by atoms with Gasteiger partial charge in [-0.25, -0.2) is 0 Å². The fourth-order valence-corrected chi connectivity index (χ4v) is 0.891. The van der Waals surface area contributed by atoms with Gasteiger partial charge in [-0.2, -0.15) is 0 Å². The molecule has 1 unspecified atom stereocenters. The van der Waals surface area contributed by atoms with E-state index in [1.165, 1.54) is 0 Å². The molecule has 0 heterocycles. The van der Waals surface area contributed by atoms with Crippen LogP contribution in [-0.2, 0) is 14.3 Å². The largest absolute Gasteiger partial charge is 0.385 e. The summed E-state index contributed by atoms with van der Waals surface area (Å²) in [4.78, 5) is 10.4. The molecule has 0 fully saturated rings. The first-order chi connectivity index (χ1) is 7.18. The molecule has 0 rings (SSSR count). The fourth-order valence-electron chi connectivity index (χ4n) is 0.891. The van der Waals surface area contributed by atoms with Crippen LogP contribution < -0.4 is 11.1 Å². The number of carbonyl (C=O) groups is 1. The molecule has 0 saturated carbocycles. The number of nitrogens with one attached hydrogen (secondary N) is 1. The maximum absolute atomic E-state index is 10.4. The van der Waals surface area contributed by atoms with Gasteiger partial charge in [0.25, 0.3) is 0 Å². The molecular weight excluding hydrogens is 200 g/mol. The second-order valence-electron chi connectivity index (χ2n) is 3.08. The van der Waals surface area contributed by atoms with Crippen LogP contribution in [0.4, 0.5) is 0 Å². The van der Waals surface area contributed by atoms with E-state index >= 15 is 0 Å². The van der Waals surface area contributed by atoms with E-state index in [2.05, 4.69) is 5.32 Å². The van der Waals surface area contributed by atoms with Crippen molar-refractivity contribution in [1.82, 2.24) is 5.32 Å². The maximum atomic E-state index is 10.4. The Labute approximate surface area is 89.7 Å². The van der Waals surface area contributed by atoms with Crippen molar-refractivity contribution in [1.29, 1.82) is 0 Å². The Kier molecular flexibility index (Phi) is 9.40. The summed E-state index contributed by atoms with van der Waals surface area (Å²) >= 11 is 0. The number of nitrogens with two attached hydrogens (primary N) is 1. The van der Waals surface area contributed by atoms with E-state index in [1.54, 1.807) is 7.11 Å². The Bertz CT molecular complexity index is 166. The van der Waals surface area contributed by atoms with Gasteiger partial charge in [0, 0.05) is 33.4 Å². The van der Waals surface area contributed by atoms with Gasteiger partial charge in [0.05, 0.1) is 6.61 Å². The number of ether oxygens (including phenoxy) is 2. The number of hydrogen-bond donors (Lipinski definition) is 3. The highest BCUT2D eigenvalue weighted by Crippen LogP contribution is 1.83. The second-order valence-corrected chi connectivity index (χ2v) is 3.08. The van der Waals surface area contributed by atoms with Crippen molar-refractivity contribution >= 4 is 5.91 Å². The van der Waals surface area contributed by atoms with Crippen molar-refractivity contribution in [3.05, 3.63) is 0 Å². The molecule has 1 amide bonds. The third-order valence-electron chi connectivity index (χ3n) is 1.73. The van der Waals surface area contributed by atoms with Gasteiger partial charge in [0.1, 0.15) is 6.10 Å². The lowest BCUT2D eigenvalue weighted by Crippen LogP contribution is -2.38. The smallest absolute Gasteiger partial charge is 0.247 e. The minimum absolute atomic E-state index is 0.163. The van der Waals surface area contributed by atoms with E-state index in [0.717, 1.165) is 6.42 Å². The number of hydrogen-bond acceptors (Lipinski definition) is 5. The Hall–Kier alpha value is -0.690. The first-order valence-corrected chi connectivity index (χ1v) is 4.93. The summed E-state index contributed by atoms with van der Waals surface area (Å²) in [5.74, 6) is -0.719. The highest BCUT2D eigenvalue weighted by molar-refractivity contribution is 5.78. The lowest BCUT2D eigenvalue weighted by Gasteiger charge is -2.08. The summed E-state index contributed by atoms with van der Waals surface area (Å²) in [6, 6.07) is 0. The summed E-state index contributed by atoms with van der Waals surface area (Å²) in [5.41, 5.74) is 4.86. The van der Waals surface area contributed by atoms with Crippen molar-refractivity contribution in [3.63, 3.8) is 0 Å². The highest BCUT2D eigenvalue weighted by Gasteiger charge is 2.08. The molecule has 4 N–H and O–H groups in total. The molecule has 90 valence electrons. The standard InChI is InChI=1S/C9H20N2O4/c1-14-4-2-5-15-6-3-11-7-8(12)9(10)13/h8,11-12H,2-7H2,1H3,(H2,10,13). The van der Waals surface area contributed by atoms with Crippen LogP contribution in [0.15, 0.2) is 0 Å². The zero-order chi connectivity index (χ0) is 11.5. The second kappa shape index (κ2) is 9.85. The molecule has 0 aliphatic rings. The summed E-state index contributed by atoms with van der Waals surface area (Å²) in [6.45, 7) is 2.62. The van der Waals surface area contributed by atoms with Gasteiger partial charge in [0.2, 0.25) is 5.91 Å². The summed E-state index contributed by atoms with van der Waals surface area (Å²) in [6.07, 6.45) is -0.265. The van der Waals surface area contributed by atoms with Gasteiger partial charge in [0.15, 0.2) is 0 Å². The lowest BCUT2D eigenvalue weighted by molar-refractivity contribution is -0.125. The number of amides is 1. The Morgan fingerprint density at radius 2 is 2.20 bits per heavy atom. The molecule has 0 aromatic heterocycles. The Balaban J connectivity index is 3.08. The first-order valence-electron chi connectivity index (χ1n) is 4.93. The van der Waals surface area contributed by atoms with Gasteiger partial charge in [-0.1, -0.05) is 0 Å². The van der Waals surface area contributed by atoms with Gasteiger partial charge >= 0.3 is 0 Å². The topological polar surface area (TPSA) is 93.8 Å². The maximum Gasteiger partial charge on any atom is 0.247 e. The highest BCUT2D eigenvalue weighted by atomic mass is 16.5. The summed E-state index contributed by atoms with van der Waals surface area (Å²) in [5, 5.41) is 11.9. The molecular formula is C9H20N2O4. The molecule has 0 bridgehead atoms. The van der Waals surface area contributed by atoms with E-state index in [4.69, 9.17) is 20.3 Å². The van der Waals surface area contributed by atoms with Crippen molar-refractivity contribution in [3.8, 4) is 0 Å². The quantitative estimate of drug-likeness (QED) is 0.389. The van der Waals surface area contributed by atoms with Crippen LogP contribution in [0.3, 0.4) is 0 Å². The van der Waals surface area contributed by atoms with E-state index in [0.29, 0.717) is 26.4 Å². The summed E-state index contributed by atoms with van der Waals surface area (Å²) < 4.78 is 10.1. The van der Waals surface area contributed by atoms with Crippen molar-refractivity contribution < 1.29 is 19.4 Å². The normalized spacial score (nSPS) is 12.7. The van der Waals surface area contributed by atoms with Crippen LogP contribution in [0.1, 0.15) is 6.42 Å². The SMILES string of the molecule is COCCCOCCNCC(O)C(N)=O. The van der Waals surface area contributed by atoms with Crippen LogP contribution in [0.5, 0.6) is 0 Å². The number of aliphatic hydroxyl groups is 1. The Morgan fingerprint density at radius 1 is 1.47 bits per heavy atom. The third-order valence-corrected chi connectivity index (χ3v) is 1.73. The molecule has 0 spiro atoms. The molecule has 0 aliphatic heterocycles. The first kappa shape index (κ1) is 14.3. The minimum Gasteiger partial charge on any atom is -0.385 e. The molecule has 0 aromatic rings. The molecule has 6 nitrogen and oxygen atoms in total. The molecule has 1 atom stereocenters. The molecule has 6 heteroatoms. The third kappa shape index (κ3) is 9.61. The van der Waals surface area contributed by atoms with Crippen molar-refractivity contribution in [2.24, 2.45) is 5.73 Å². The van der Waals surface area contributed by atoms with Gasteiger partial charge in [-0.15, -0.1) is 0 Å². The van der Waals surface area contributed by atoms with Crippen molar-refractivity contribution in [2.45, 2.75) is 12.5 Å². The zero-order valence-electron chi connectivity index (χ0n) is 9.07. The van der Waals surface area contributed by atoms with E-state index in [1.807, 2.05) is 0 Å². The summed E-state index contributed by atoms with van der Waals surface area (Å²) in [7, 11) is 1.65. The number of primary amides is 1. The predicted molar refractivity (Wildman–Crippen MR) is 55.4 cm³/mol. The Morgan fingerprint density at radius 3 is 2.80 bits per heavy atom. The molecule has 0 aromatic carbocycles.